The predicted molar refractivity (Wildman–Crippen MR) is 64.0 cm³/mol. The maximum Gasteiger partial charge on any atom is 0.0466 e. The van der Waals surface area contributed by atoms with Crippen molar-refractivity contribution in [2.45, 2.75) is 64.2 Å². The van der Waals surface area contributed by atoms with Gasteiger partial charge in [0.1, 0.15) is 0 Å². The van der Waals surface area contributed by atoms with Crippen molar-refractivity contribution < 1.29 is 4.74 Å². The summed E-state index contributed by atoms with van der Waals surface area (Å²) in [5.41, 5.74) is 0. The second-order valence-electron chi connectivity index (χ2n) is 5.41. The van der Waals surface area contributed by atoms with Gasteiger partial charge in [0.25, 0.3) is 0 Å². The molecule has 0 amide bonds. The summed E-state index contributed by atoms with van der Waals surface area (Å²) in [6.07, 6.45) is 14.9. The van der Waals surface area contributed by atoms with E-state index in [1.54, 1.807) is 25.7 Å². The summed E-state index contributed by atoms with van der Waals surface area (Å²) < 4.78 is 4.94. The molecular formula is C14H26O. The summed E-state index contributed by atoms with van der Waals surface area (Å²) in [6, 6.07) is 0. The molecule has 0 atom stereocenters. The first-order chi connectivity index (χ1) is 7.47. The van der Waals surface area contributed by atoms with Crippen molar-refractivity contribution in [3.8, 4) is 0 Å². The van der Waals surface area contributed by atoms with E-state index in [1.807, 2.05) is 0 Å². The largest absolute Gasteiger partial charge is 0.381 e. The molecule has 1 heteroatoms. The molecule has 1 saturated heterocycles. The van der Waals surface area contributed by atoms with Gasteiger partial charge >= 0.3 is 0 Å². The third-order valence-electron chi connectivity index (χ3n) is 4.29. The molecule has 3 rings (SSSR count). The summed E-state index contributed by atoms with van der Waals surface area (Å²) in [7, 11) is 0. The van der Waals surface area contributed by atoms with Gasteiger partial charge in [-0.15, -0.1) is 0 Å². The second kappa shape index (κ2) is 6.52. The Morgan fingerprint density at radius 1 is 0.533 bits per heavy atom. The van der Waals surface area contributed by atoms with Gasteiger partial charge in [-0.1, -0.05) is 51.4 Å². The molecule has 0 aromatic heterocycles. The normalized spacial score (nSPS) is 35.2. The van der Waals surface area contributed by atoms with Gasteiger partial charge in [0.05, 0.1) is 0 Å². The van der Waals surface area contributed by atoms with Gasteiger partial charge < -0.3 is 4.74 Å². The van der Waals surface area contributed by atoms with Crippen LogP contribution >= 0.6 is 0 Å². The Morgan fingerprint density at radius 3 is 1.20 bits per heavy atom. The van der Waals surface area contributed by atoms with Crippen LogP contribution in [0, 0.1) is 11.8 Å². The molecule has 0 aromatic carbocycles. The fraction of sp³-hybridized carbons (Fsp3) is 1.00. The van der Waals surface area contributed by atoms with Gasteiger partial charge in [-0.3, -0.25) is 0 Å². The van der Waals surface area contributed by atoms with Gasteiger partial charge in [-0.05, 0) is 24.7 Å². The molecule has 0 radical (unpaired) electrons. The van der Waals surface area contributed by atoms with Crippen LogP contribution < -0.4 is 0 Å². The molecule has 3 aliphatic rings. The van der Waals surface area contributed by atoms with Gasteiger partial charge in [-0.2, -0.15) is 0 Å². The van der Waals surface area contributed by atoms with Crippen molar-refractivity contribution in [2.24, 2.45) is 11.8 Å². The topological polar surface area (TPSA) is 9.23 Å². The first-order valence-electron chi connectivity index (χ1n) is 7.04. The summed E-state index contributed by atoms with van der Waals surface area (Å²) in [6.45, 7) is 2.00. The van der Waals surface area contributed by atoms with Gasteiger partial charge in [0.15, 0.2) is 0 Å². The third-order valence-corrected chi connectivity index (χ3v) is 4.29. The van der Waals surface area contributed by atoms with Crippen LogP contribution in [0.2, 0.25) is 0 Å². The highest BCUT2D eigenvalue weighted by atomic mass is 16.5. The number of ether oxygens (including phenoxy) is 1. The van der Waals surface area contributed by atoms with Crippen LogP contribution in [0.25, 0.3) is 0 Å². The molecule has 2 saturated carbocycles. The van der Waals surface area contributed by atoms with E-state index in [9.17, 15) is 0 Å². The molecule has 1 nitrogen and oxygen atoms in total. The van der Waals surface area contributed by atoms with Crippen molar-refractivity contribution in [1.82, 2.24) is 0 Å². The van der Waals surface area contributed by atoms with Crippen LogP contribution in [0.15, 0.2) is 0 Å². The lowest BCUT2D eigenvalue weighted by atomic mass is 9.71. The van der Waals surface area contributed by atoms with Gasteiger partial charge in [0, 0.05) is 13.2 Å². The van der Waals surface area contributed by atoms with Crippen LogP contribution in [0.5, 0.6) is 0 Å². The fourth-order valence-corrected chi connectivity index (χ4v) is 3.37. The first-order valence-corrected chi connectivity index (χ1v) is 7.04. The zero-order valence-electron chi connectivity index (χ0n) is 10.0. The molecule has 0 unspecified atom stereocenters. The van der Waals surface area contributed by atoms with E-state index in [1.165, 1.54) is 38.5 Å². The lowest BCUT2D eigenvalue weighted by molar-refractivity contribution is 0.171. The zero-order chi connectivity index (χ0) is 10.3. The molecule has 1 heterocycles. The lowest BCUT2D eigenvalue weighted by Crippen LogP contribution is -2.22. The molecule has 88 valence electrons. The summed E-state index contributed by atoms with van der Waals surface area (Å²) in [5.74, 6) is 2.31. The Kier molecular flexibility index (Phi) is 4.98. The monoisotopic (exact) mass is 210 g/mol. The Bertz CT molecular complexity index is 129. The van der Waals surface area contributed by atoms with Crippen molar-refractivity contribution >= 4 is 0 Å². The second-order valence-corrected chi connectivity index (χ2v) is 5.41. The first kappa shape index (κ1) is 11.4. The van der Waals surface area contributed by atoms with Crippen molar-refractivity contribution in [1.29, 1.82) is 0 Å². The minimum Gasteiger partial charge on any atom is -0.381 e. The predicted octanol–water partition coefficient (Wildman–Crippen LogP) is 4.16. The van der Waals surface area contributed by atoms with Crippen LogP contribution in [-0.4, -0.2) is 13.2 Å². The number of rotatable bonds is 0. The van der Waals surface area contributed by atoms with E-state index >= 15 is 0 Å². The maximum atomic E-state index is 4.94. The highest BCUT2D eigenvalue weighted by molar-refractivity contribution is 4.78. The van der Waals surface area contributed by atoms with Crippen molar-refractivity contribution in [3.63, 3.8) is 0 Å². The van der Waals surface area contributed by atoms with Gasteiger partial charge in [-0.25, -0.2) is 0 Å². The average molecular weight is 210 g/mol. The summed E-state index contributed by atoms with van der Waals surface area (Å²) in [5, 5.41) is 0. The molecule has 0 aromatic rings. The average Bonchev–Trinajstić information content (AvgIpc) is 2.88. The van der Waals surface area contributed by atoms with Crippen molar-refractivity contribution in [2.75, 3.05) is 13.2 Å². The van der Waals surface area contributed by atoms with E-state index in [0.29, 0.717) is 0 Å². The Morgan fingerprint density at radius 2 is 0.933 bits per heavy atom. The summed E-state index contributed by atoms with van der Waals surface area (Å²) in [4.78, 5) is 0. The van der Waals surface area contributed by atoms with E-state index in [-0.39, 0.29) is 0 Å². The van der Waals surface area contributed by atoms with E-state index in [2.05, 4.69) is 0 Å². The molecule has 15 heavy (non-hydrogen) atoms. The quantitative estimate of drug-likeness (QED) is 0.583. The fourth-order valence-electron chi connectivity index (χ4n) is 3.37. The highest BCUT2D eigenvalue weighted by Gasteiger charge is 2.26. The minimum absolute atomic E-state index is 1.00. The Hall–Kier alpha value is -0.0400. The number of hydrogen-bond acceptors (Lipinski definition) is 1. The molecular weight excluding hydrogens is 184 g/mol. The van der Waals surface area contributed by atoms with Crippen LogP contribution in [0.4, 0.5) is 0 Å². The van der Waals surface area contributed by atoms with Crippen LogP contribution in [0.1, 0.15) is 64.2 Å². The number of hydrogen-bond donors (Lipinski definition) is 0. The van der Waals surface area contributed by atoms with E-state index in [4.69, 9.17) is 4.74 Å². The molecule has 1 aliphatic heterocycles. The Labute approximate surface area is 94.6 Å². The summed E-state index contributed by atoms with van der Waals surface area (Å²) >= 11 is 0. The molecule has 0 N–H and O–H groups in total. The Balaban J connectivity index is 0.000000144. The SMILES string of the molecule is C1CCC2CCCCC2C1.C1CCOC1. The molecule has 2 aliphatic carbocycles. The standard InChI is InChI=1S/C10H18.C4H8O/c1-2-6-10-8-4-3-7-9(10)5-1;1-2-4-5-3-1/h9-10H,1-8H2;1-4H2. The lowest BCUT2D eigenvalue weighted by Gasteiger charge is -2.35. The molecule has 3 fully saturated rings. The number of fused-ring (bicyclic) bond motifs is 1. The minimum atomic E-state index is 1.00. The highest BCUT2D eigenvalue weighted by Crippen LogP contribution is 2.39. The third kappa shape index (κ3) is 3.79. The molecule has 0 bridgehead atoms. The van der Waals surface area contributed by atoms with E-state index < -0.39 is 0 Å². The maximum absolute atomic E-state index is 4.94. The smallest absolute Gasteiger partial charge is 0.0466 e. The van der Waals surface area contributed by atoms with E-state index in [0.717, 1.165) is 25.0 Å². The molecule has 0 spiro atoms. The van der Waals surface area contributed by atoms with Crippen LogP contribution in [0.3, 0.4) is 0 Å². The van der Waals surface area contributed by atoms with Crippen LogP contribution in [-0.2, 0) is 4.74 Å². The van der Waals surface area contributed by atoms with Crippen molar-refractivity contribution in [3.05, 3.63) is 0 Å². The zero-order valence-corrected chi connectivity index (χ0v) is 10.0. The van der Waals surface area contributed by atoms with Gasteiger partial charge in [0.2, 0.25) is 0 Å².